The zero-order chi connectivity index (χ0) is 7.14. The van der Waals surface area contributed by atoms with Crippen molar-refractivity contribution in [3.8, 4) is 0 Å². The molecule has 56 valence electrons. The van der Waals surface area contributed by atoms with E-state index in [9.17, 15) is 9.90 Å². The zero-order valence-corrected chi connectivity index (χ0v) is 5.58. The summed E-state index contributed by atoms with van der Waals surface area (Å²) in [6, 6.07) is 0. The highest BCUT2D eigenvalue weighted by atomic mass is 16.6. The van der Waals surface area contributed by atoms with Gasteiger partial charge in [-0.2, -0.15) is 0 Å². The second-order valence-electron chi connectivity index (χ2n) is 3.04. The van der Waals surface area contributed by atoms with Gasteiger partial charge in [0.05, 0.1) is 12.2 Å². The first-order chi connectivity index (χ1) is 4.77. The van der Waals surface area contributed by atoms with Crippen molar-refractivity contribution in [3.63, 3.8) is 0 Å². The van der Waals surface area contributed by atoms with E-state index in [1.54, 1.807) is 0 Å². The quantitative estimate of drug-likeness (QED) is 0.454. The molecule has 2 rings (SSSR count). The lowest BCUT2D eigenvalue weighted by molar-refractivity contribution is -0.312. The van der Waals surface area contributed by atoms with Gasteiger partial charge in [-0.05, 0) is 19.3 Å². The third-order valence-corrected chi connectivity index (χ3v) is 2.34. The van der Waals surface area contributed by atoms with E-state index >= 15 is 0 Å². The van der Waals surface area contributed by atoms with Gasteiger partial charge in [0, 0.05) is 11.9 Å². The van der Waals surface area contributed by atoms with E-state index in [4.69, 9.17) is 4.74 Å². The number of carboxylic acid groups (broad SMARTS) is 1. The Morgan fingerprint density at radius 1 is 1.40 bits per heavy atom. The van der Waals surface area contributed by atoms with Gasteiger partial charge in [-0.3, -0.25) is 0 Å². The molecule has 0 N–H and O–H groups in total. The number of rotatable bonds is 1. The highest BCUT2D eigenvalue weighted by molar-refractivity contribution is 5.67. The van der Waals surface area contributed by atoms with Gasteiger partial charge < -0.3 is 14.6 Å². The molecule has 0 aromatic rings. The van der Waals surface area contributed by atoms with Crippen LogP contribution >= 0.6 is 0 Å². The maximum absolute atomic E-state index is 10.4. The molecule has 3 unspecified atom stereocenters. The number of epoxide rings is 1. The Hall–Kier alpha value is -0.570. The molecule has 1 aliphatic carbocycles. The fourth-order valence-electron chi connectivity index (χ4n) is 1.62. The minimum atomic E-state index is -0.908. The highest BCUT2D eigenvalue weighted by Crippen LogP contribution is 2.38. The van der Waals surface area contributed by atoms with Crippen LogP contribution in [-0.2, 0) is 9.53 Å². The van der Waals surface area contributed by atoms with E-state index in [-0.39, 0.29) is 12.0 Å². The van der Waals surface area contributed by atoms with E-state index in [2.05, 4.69) is 0 Å². The van der Waals surface area contributed by atoms with Gasteiger partial charge in [-0.15, -0.1) is 0 Å². The largest absolute Gasteiger partial charge is 0.550 e. The summed E-state index contributed by atoms with van der Waals surface area (Å²) >= 11 is 0. The van der Waals surface area contributed by atoms with Gasteiger partial charge in [0.2, 0.25) is 0 Å². The van der Waals surface area contributed by atoms with Gasteiger partial charge >= 0.3 is 0 Å². The summed E-state index contributed by atoms with van der Waals surface area (Å²) in [7, 11) is 0. The lowest BCUT2D eigenvalue weighted by atomic mass is 9.90. The van der Waals surface area contributed by atoms with Crippen LogP contribution in [-0.4, -0.2) is 18.2 Å². The van der Waals surface area contributed by atoms with Crippen LogP contribution in [0, 0.1) is 5.92 Å². The summed E-state index contributed by atoms with van der Waals surface area (Å²) in [6.07, 6.45) is 2.95. The number of aliphatic carboxylic acids is 1. The van der Waals surface area contributed by atoms with E-state index < -0.39 is 5.97 Å². The molecule has 0 radical (unpaired) electrons. The molecule has 1 saturated carbocycles. The van der Waals surface area contributed by atoms with Crippen LogP contribution < -0.4 is 5.11 Å². The number of carbonyl (C=O) groups is 1. The summed E-state index contributed by atoms with van der Waals surface area (Å²) < 4.78 is 5.17. The fourth-order valence-corrected chi connectivity index (χ4v) is 1.62. The number of hydrogen-bond donors (Lipinski definition) is 0. The first-order valence-corrected chi connectivity index (χ1v) is 3.63. The molecule has 2 aliphatic rings. The molecule has 0 aromatic heterocycles. The molecule has 1 heterocycles. The van der Waals surface area contributed by atoms with Gasteiger partial charge in [-0.25, -0.2) is 0 Å². The standard InChI is InChI=1S/C7H10O3/c8-7(9)4-1-2-5-6(3-4)10-5/h4-6H,1-3H2,(H,8,9)/p-1. The van der Waals surface area contributed by atoms with E-state index in [1.807, 2.05) is 0 Å². The second-order valence-corrected chi connectivity index (χ2v) is 3.04. The van der Waals surface area contributed by atoms with E-state index in [1.165, 1.54) is 0 Å². The topological polar surface area (TPSA) is 52.7 Å². The van der Waals surface area contributed by atoms with E-state index in [0.717, 1.165) is 12.8 Å². The second kappa shape index (κ2) is 1.95. The normalized spacial score (nSPS) is 44.2. The van der Waals surface area contributed by atoms with Crippen LogP contribution in [0.4, 0.5) is 0 Å². The molecule has 0 aromatic carbocycles. The van der Waals surface area contributed by atoms with Crippen molar-refractivity contribution < 1.29 is 14.6 Å². The van der Waals surface area contributed by atoms with Crippen LogP contribution in [0.2, 0.25) is 0 Å². The Balaban J connectivity index is 1.94. The van der Waals surface area contributed by atoms with Gasteiger partial charge in [0.1, 0.15) is 0 Å². The SMILES string of the molecule is O=C([O-])C1CCC2OC2C1. The van der Waals surface area contributed by atoms with Gasteiger partial charge in [-0.1, -0.05) is 0 Å². The molecule has 3 atom stereocenters. The van der Waals surface area contributed by atoms with Crippen molar-refractivity contribution in [2.45, 2.75) is 31.5 Å². The van der Waals surface area contributed by atoms with Crippen molar-refractivity contribution in [1.29, 1.82) is 0 Å². The number of fused-ring (bicyclic) bond motifs is 1. The summed E-state index contributed by atoms with van der Waals surface area (Å²) in [5.74, 6) is -1.15. The highest BCUT2D eigenvalue weighted by Gasteiger charge is 2.43. The third-order valence-electron chi connectivity index (χ3n) is 2.34. The summed E-state index contributed by atoms with van der Waals surface area (Å²) in [6.45, 7) is 0. The Morgan fingerprint density at radius 2 is 2.20 bits per heavy atom. The molecule has 1 saturated heterocycles. The maximum Gasteiger partial charge on any atom is 0.0848 e. The van der Waals surface area contributed by atoms with Crippen LogP contribution in [0.15, 0.2) is 0 Å². The van der Waals surface area contributed by atoms with Crippen molar-refractivity contribution >= 4 is 5.97 Å². The maximum atomic E-state index is 10.4. The predicted molar refractivity (Wildman–Crippen MR) is 31.0 cm³/mol. The monoisotopic (exact) mass is 141 g/mol. The molecule has 10 heavy (non-hydrogen) atoms. The summed E-state index contributed by atoms with van der Waals surface area (Å²) in [4.78, 5) is 10.4. The molecular weight excluding hydrogens is 132 g/mol. The summed E-state index contributed by atoms with van der Waals surface area (Å²) in [5.41, 5.74) is 0. The van der Waals surface area contributed by atoms with Crippen LogP contribution in [0.5, 0.6) is 0 Å². The molecule has 0 spiro atoms. The molecule has 0 bridgehead atoms. The zero-order valence-electron chi connectivity index (χ0n) is 5.58. The molecular formula is C7H9O3-. The van der Waals surface area contributed by atoms with E-state index in [0.29, 0.717) is 12.5 Å². The summed E-state index contributed by atoms with van der Waals surface area (Å²) in [5, 5.41) is 10.4. The number of carboxylic acids is 1. The minimum Gasteiger partial charge on any atom is -0.550 e. The lowest BCUT2D eigenvalue weighted by Gasteiger charge is -2.18. The number of ether oxygens (including phenoxy) is 1. The smallest absolute Gasteiger partial charge is 0.0848 e. The number of hydrogen-bond acceptors (Lipinski definition) is 3. The van der Waals surface area contributed by atoms with Gasteiger partial charge in [0.25, 0.3) is 0 Å². The minimum absolute atomic E-state index is 0.247. The third kappa shape index (κ3) is 0.904. The van der Waals surface area contributed by atoms with Crippen LogP contribution in [0.25, 0.3) is 0 Å². The molecule has 3 heteroatoms. The van der Waals surface area contributed by atoms with Gasteiger partial charge in [0.15, 0.2) is 0 Å². The van der Waals surface area contributed by atoms with Crippen molar-refractivity contribution in [2.75, 3.05) is 0 Å². The molecule has 2 fully saturated rings. The Kier molecular flexibility index (Phi) is 1.20. The Bertz CT molecular complexity index is 166. The van der Waals surface area contributed by atoms with Crippen molar-refractivity contribution in [1.82, 2.24) is 0 Å². The Morgan fingerprint density at radius 3 is 2.80 bits per heavy atom. The molecule has 1 aliphatic heterocycles. The predicted octanol–water partition coefficient (Wildman–Crippen LogP) is -0.696. The van der Waals surface area contributed by atoms with Crippen molar-refractivity contribution in [3.05, 3.63) is 0 Å². The lowest BCUT2D eigenvalue weighted by Crippen LogP contribution is -2.34. The fraction of sp³-hybridized carbons (Fsp3) is 0.857. The van der Waals surface area contributed by atoms with Crippen LogP contribution in [0.3, 0.4) is 0 Å². The van der Waals surface area contributed by atoms with Crippen LogP contribution in [0.1, 0.15) is 19.3 Å². The number of carbonyl (C=O) groups excluding carboxylic acids is 1. The molecule has 3 nitrogen and oxygen atoms in total. The molecule has 0 amide bonds. The van der Waals surface area contributed by atoms with Crippen molar-refractivity contribution in [2.24, 2.45) is 5.92 Å². The average molecular weight is 141 g/mol. The Labute approximate surface area is 59.0 Å². The first-order valence-electron chi connectivity index (χ1n) is 3.63. The first kappa shape index (κ1) is 6.16. The average Bonchev–Trinajstić information content (AvgIpc) is 2.63.